The molecule has 8 heteroatoms. The lowest BCUT2D eigenvalue weighted by Gasteiger charge is -2.27. The number of carbonyl (C=O) groups excluding carboxylic acids is 2. The predicted molar refractivity (Wildman–Crippen MR) is 79.0 cm³/mol. The highest BCUT2D eigenvalue weighted by molar-refractivity contribution is 5.91. The lowest BCUT2D eigenvalue weighted by Crippen LogP contribution is -2.42. The third-order valence-electron chi connectivity index (χ3n) is 3.67. The summed E-state index contributed by atoms with van der Waals surface area (Å²) in [4.78, 5) is 25.1. The van der Waals surface area contributed by atoms with E-state index in [9.17, 15) is 22.8 Å². The summed E-state index contributed by atoms with van der Waals surface area (Å²) in [6.45, 7) is 3.85. The fourth-order valence-electron chi connectivity index (χ4n) is 2.48. The molecule has 1 aromatic rings. The van der Waals surface area contributed by atoms with Gasteiger partial charge in [0.05, 0.1) is 11.3 Å². The summed E-state index contributed by atoms with van der Waals surface area (Å²) in [7, 11) is 0. The molecule has 0 aromatic heterocycles. The first kappa shape index (κ1) is 17.1. The van der Waals surface area contributed by atoms with Gasteiger partial charge in [-0.3, -0.25) is 4.79 Å². The van der Waals surface area contributed by atoms with E-state index in [0.717, 1.165) is 6.07 Å². The zero-order valence-electron chi connectivity index (χ0n) is 12.8. The lowest BCUT2D eigenvalue weighted by molar-refractivity contribution is -0.137. The number of aryl methyl sites for hydroxylation is 1. The van der Waals surface area contributed by atoms with Gasteiger partial charge in [0.2, 0.25) is 5.91 Å². The highest BCUT2D eigenvalue weighted by Gasteiger charge is 2.34. The van der Waals surface area contributed by atoms with Gasteiger partial charge in [0.15, 0.2) is 0 Å². The van der Waals surface area contributed by atoms with Gasteiger partial charge in [-0.25, -0.2) is 4.79 Å². The van der Waals surface area contributed by atoms with Crippen LogP contribution in [-0.2, 0) is 11.0 Å². The van der Waals surface area contributed by atoms with Crippen LogP contribution in [0.15, 0.2) is 18.2 Å². The fraction of sp³-hybridized carbons (Fsp3) is 0.467. The molecule has 1 atom stereocenters. The molecule has 3 amide bonds. The van der Waals surface area contributed by atoms with Gasteiger partial charge in [-0.15, -0.1) is 0 Å². The molecular formula is C15H18F3N3O2. The van der Waals surface area contributed by atoms with Crippen LogP contribution in [0.3, 0.4) is 0 Å². The van der Waals surface area contributed by atoms with Crippen LogP contribution in [0.2, 0.25) is 0 Å². The molecule has 5 nitrogen and oxygen atoms in total. The first-order valence-corrected chi connectivity index (χ1v) is 7.20. The van der Waals surface area contributed by atoms with Crippen molar-refractivity contribution in [2.75, 3.05) is 18.4 Å². The van der Waals surface area contributed by atoms with Crippen molar-refractivity contribution in [1.82, 2.24) is 10.2 Å². The van der Waals surface area contributed by atoms with Crippen molar-refractivity contribution in [3.8, 4) is 0 Å². The number of amides is 3. The number of halogens is 3. The molecule has 1 saturated heterocycles. The van der Waals surface area contributed by atoms with E-state index in [1.54, 1.807) is 13.8 Å². The minimum absolute atomic E-state index is 0.118. The maximum atomic E-state index is 13.0. The summed E-state index contributed by atoms with van der Waals surface area (Å²) < 4.78 is 39.1. The number of alkyl halides is 3. The molecular weight excluding hydrogens is 311 g/mol. The zero-order chi connectivity index (χ0) is 17.2. The second kappa shape index (κ2) is 6.47. The minimum Gasteiger partial charge on any atom is -0.354 e. The number of urea groups is 1. The fourth-order valence-corrected chi connectivity index (χ4v) is 2.48. The number of nitrogens with zero attached hydrogens (tertiary/aromatic N) is 1. The third kappa shape index (κ3) is 4.14. The second-order valence-corrected chi connectivity index (χ2v) is 5.57. The Kier molecular flexibility index (Phi) is 4.82. The van der Waals surface area contributed by atoms with Crippen LogP contribution in [0.1, 0.15) is 24.5 Å². The van der Waals surface area contributed by atoms with Crippen molar-refractivity contribution in [2.24, 2.45) is 0 Å². The first-order chi connectivity index (χ1) is 10.7. The summed E-state index contributed by atoms with van der Waals surface area (Å²) >= 11 is 0. The molecule has 0 spiro atoms. The highest BCUT2D eigenvalue weighted by atomic mass is 19.4. The maximum absolute atomic E-state index is 13.0. The maximum Gasteiger partial charge on any atom is 0.418 e. The highest BCUT2D eigenvalue weighted by Crippen LogP contribution is 2.35. The number of nitrogens with one attached hydrogen (secondary N) is 2. The topological polar surface area (TPSA) is 61.4 Å². The van der Waals surface area contributed by atoms with Crippen molar-refractivity contribution in [2.45, 2.75) is 32.5 Å². The standard InChI is InChI=1S/C15H18F3N3O2/c1-9-3-4-11(15(16,17)18)12(7-9)20-14(23)21-6-5-19-13(22)8-10(21)2/h3-4,7,10H,5-6,8H2,1-2H3,(H,19,22)(H,20,23)/t10-/m0/s1. The van der Waals surface area contributed by atoms with E-state index in [1.165, 1.54) is 17.0 Å². The Balaban J connectivity index is 2.23. The molecule has 1 aliphatic rings. The van der Waals surface area contributed by atoms with Gasteiger partial charge < -0.3 is 15.5 Å². The van der Waals surface area contributed by atoms with Gasteiger partial charge >= 0.3 is 12.2 Å². The molecule has 126 valence electrons. The molecule has 1 fully saturated rings. The van der Waals surface area contributed by atoms with E-state index in [4.69, 9.17) is 0 Å². The molecule has 0 aliphatic carbocycles. The van der Waals surface area contributed by atoms with Crippen LogP contribution in [0.4, 0.5) is 23.7 Å². The summed E-state index contributed by atoms with van der Waals surface area (Å²) in [6, 6.07) is 2.53. The summed E-state index contributed by atoms with van der Waals surface area (Å²) in [6.07, 6.45) is -4.44. The van der Waals surface area contributed by atoms with Crippen LogP contribution in [0, 0.1) is 6.92 Å². The molecule has 0 bridgehead atoms. The van der Waals surface area contributed by atoms with Gasteiger partial charge in [0.1, 0.15) is 0 Å². The Labute approximate surface area is 131 Å². The molecule has 23 heavy (non-hydrogen) atoms. The van der Waals surface area contributed by atoms with Gasteiger partial charge in [0, 0.05) is 25.6 Å². The average molecular weight is 329 g/mol. The molecule has 1 aromatic carbocycles. The molecule has 0 saturated carbocycles. The van der Waals surface area contributed by atoms with Crippen LogP contribution < -0.4 is 10.6 Å². The largest absolute Gasteiger partial charge is 0.418 e. The second-order valence-electron chi connectivity index (χ2n) is 5.57. The van der Waals surface area contributed by atoms with Crippen LogP contribution in [-0.4, -0.2) is 36.0 Å². The molecule has 1 aliphatic heterocycles. The van der Waals surface area contributed by atoms with Crippen molar-refractivity contribution < 1.29 is 22.8 Å². The quantitative estimate of drug-likeness (QED) is 0.832. The number of hydrogen-bond donors (Lipinski definition) is 2. The first-order valence-electron chi connectivity index (χ1n) is 7.20. The lowest BCUT2D eigenvalue weighted by atomic mass is 10.1. The number of hydrogen-bond acceptors (Lipinski definition) is 2. The van der Waals surface area contributed by atoms with E-state index in [-0.39, 0.29) is 31.1 Å². The van der Waals surface area contributed by atoms with Gasteiger partial charge in [-0.05, 0) is 31.5 Å². The number of benzene rings is 1. The van der Waals surface area contributed by atoms with Crippen LogP contribution >= 0.6 is 0 Å². The smallest absolute Gasteiger partial charge is 0.354 e. The van der Waals surface area contributed by atoms with E-state index in [0.29, 0.717) is 5.56 Å². The SMILES string of the molecule is Cc1ccc(C(F)(F)F)c(NC(=O)N2CCNC(=O)C[C@@H]2C)c1. The summed E-state index contributed by atoms with van der Waals surface area (Å²) in [5.41, 5.74) is -0.569. The summed E-state index contributed by atoms with van der Waals surface area (Å²) in [5, 5.41) is 4.96. The van der Waals surface area contributed by atoms with Crippen LogP contribution in [0.25, 0.3) is 0 Å². The summed E-state index contributed by atoms with van der Waals surface area (Å²) in [5.74, 6) is -0.181. The normalized spacial score (nSPS) is 19.1. The Bertz CT molecular complexity index is 616. The number of anilines is 1. The van der Waals surface area contributed by atoms with Crippen molar-refractivity contribution in [3.05, 3.63) is 29.3 Å². The minimum atomic E-state index is -4.56. The Morgan fingerprint density at radius 3 is 2.74 bits per heavy atom. The van der Waals surface area contributed by atoms with E-state index >= 15 is 0 Å². The number of rotatable bonds is 1. The Morgan fingerprint density at radius 1 is 1.39 bits per heavy atom. The molecule has 2 rings (SSSR count). The van der Waals surface area contributed by atoms with E-state index < -0.39 is 23.8 Å². The molecule has 0 radical (unpaired) electrons. The molecule has 0 unspecified atom stereocenters. The van der Waals surface area contributed by atoms with E-state index in [2.05, 4.69) is 10.6 Å². The Morgan fingerprint density at radius 2 is 2.09 bits per heavy atom. The molecule has 1 heterocycles. The molecule has 2 N–H and O–H groups in total. The zero-order valence-corrected chi connectivity index (χ0v) is 12.8. The Hall–Kier alpha value is -2.25. The van der Waals surface area contributed by atoms with E-state index in [1.807, 2.05) is 0 Å². The van der Waals surface area contributed by atoms with Crippen molar-refractivity contribution in [1.29, 1.82) is 0 Å². The third-order valence-corrected chi connectivity index (χ3v) is 3.67. The monoisotopic (exact) mass is 329 g/mol. The van der Waals surface area contributed by atoms with Gasteiger partial charge in [-0.1, -0.05) is 6.07 Å². The van der Waals surface area contributed by atoms with Crippen molar-refractivity contribution >= 4 is 17.6 Å². The number of carbonyl (C=O) groups is 2. The van der Waals surface area contributed by atoms with Gasteiger partial charge in [0.25, 0.3) is 0 Å². The van der Waals surface area contributed by atoms with Crippen molar-refractivity contribution in [3.63, 3.8) is 0 Å². The van der Waals surface area contributed by atoms with Crippen LogP contribution in [0.5, 0.6) is 0 Å². The predicted octanol–water partition coefficient (Wildman–Crippen LogP) is 2.76. The van der Waals surface area contributed by atoms with Gasteiger partial charge in [-0.2, -0.15) is 13.2 Å². The average Bonchev–Trinajstić information content (AvgIpc) is 2.57.